The molecule has 1 amide bonds. The molecule has 2 heterocycles. The van der Waals surface area contributed by atoms with E-state index in [0.717, 1.165) is 17.1 Å². The van der Waals surface area contributed by atoms with Crippen molar-refractivity contribution in [3.63, 3.8) is 0 Å². The minimum absolute atomic E-state index is 0.0439. The van der Waals surface area contributed by atoms with Gasteiger partial charge in [0.25, 0.3) is 0 Å². The molecule has 0 unspecified atom stereocenters. The Morgan fingerprint density at radius 2 is 2.04 bits per heavy atom. The monoisotopic (exact) mass is 325 g/mol. The van der Waals surface area contributed by atoms with Crippen LogP contribution in [0.25, 0.3) is 5.69 Å². The molecular formula is C18H16ClN3O. The van der Waals surface area contributed by atoms with Crippen molar-refractivity contribution in [1.29, 1.82) is 0 Å². The van der Waals surface area contributed by atoms with Crippen molar-refractivity contribution < 1.29 is 4.79 Å². The second kappa shape index (κ2) is 7.11. The van der Waals surface area contributed by atoms with E-state index in [1.807, 2.05) is 65.4 Å². The van der Waals surface area contributed by atoms with Gasteiger partial charge >= 0.3 is 0 Å². The van der Waals surface area contributed by atoms with Gasteiger partial charge in [-0.15, -0.1) is 0 Å². The van der Waals surface area contributed by atoms with Crippen molar-refractivity contribution in [3.05, 3.63) is 83.4 Å². The van der Waals surface area contributed by atoms with Crippen molar-refractivity contribution in [3.8, 4) is 5.69 Å². The molecule has 1 aromatic carbocycles. The SMILES string of the molecule is O=C(Cc1cccn1-c1cccc(Cl)c1)NCc1ccccn1. The molecule has 5 heteroatoms. The Kier molecular flexibility index (Phi) is 4.74. The van der Waals surface area contributed by atoms with Crippen LogP contribution in [0.15, 0.2) is 67.0 Å². The summed E-state index contributed by atoms with van der Waals surface area (Å²) in [6.45, 7) is 0.428. The van der Waals surface area contributed by atoms with Crippen molar-refractivity contribution in [2.24, 2.45) is 0 Å². The molecule has 23 heavy (non-hydrogen) atoms. The van der Waals surface area contributed by atoms with Gasteiger partial charge in [0.2, 0.25) is 5.91 Å². The van der Waals surface area contributed by atoms with E-state index in [0.29, 0.717) is 18.0 Å². The summed E-state index contributed by atoms with van der Waals surface area (Å²) in [5.41, 5.74) is 2.69. The summed E-state index contributed by atoms with van der Waals surface area (Å²) in [6.07, 6.45) is 3.94. The van der Waals surface area contributed by atoms with E-state index in [-0.39, 0.29) is 5.91 Å². The highest BCUT2D eigenvalue weighted by Crippen LogP contribution is 2.17. The van der Waals surface area contributed by atoms with E-state index >= 15 is 0 Å². The first-order valence-corrected chi connectivity index (χ1v) is 7.69. The fourth-order valence-corrected chi connectivity index (χ4v) is 2.54. The number of amides is 1. The molecule has 0 saturated heterocycles. The lowest BCUT2D eigenvalue weighted by Gasteiger charge is -2.10. The zero-order valence-electron chi connectivity index (χ0n) is 12.4. The molecular weight excluding hydrogens is 310 g/mol. The van der Waals surface area contributed by atoms with Gasteiger partial charge in [-0.1, -0.05) is 23.7 Å². The van der Waals surface area contributed by atoms with Crippen molar-refractivity contribution in [2.75, 3.05) is 0 Å². The van der Waals surface area contributed by atoms with Crippen LogP contribution in [0, 0.1) is 0 Å². The van der Waals surface area contributed by atoms with E-state index in [4.69, 9.17) is 11.6 Å². The normalized spacial score (nSPS) is 10.5. The van der Waals surface area contributed by atoms with Crippen LogP contribution in [0.2, 0.25) is 5.02 Å². The third-order valence-corrected chi connectivity index (χ3v) is 3.69. The highest BCUT2D eigenvalue weighted by Gasteiger charge is 2.09. The molecule has 116 valence electrons. The van der Waals surface area contributed by atoms with Crippen molar-refractivity contribution in [2.45, 2.75) is 13.0 Å². The lowest BCUT2D eigenvalue weighted by atomic mass is 10.2. The van der Waals surface area contributed by atoms with Gasteiger partial charge in [0.15, 0.2) is 0 Å². The smallest absolute Gasteiger partial charge is 0.226 e. The third-order valence-electron chi connectivity index (χ3n) is 3.45. The average Bonchev–Trinajstić information content (AvgIpc) is 3.02. The highest BCUT2D eigenvalue weighted by molar-refractivity contribution is 6.30. The predicted octanol–water partition coefficient (Wildman–Crippen LogP) is 3.38. The van der Waals surface area contributed by atoms with Gasteiger partial charge in [-0.2, -0.15) is 0 Å². The fourth-order valence-electron chi connectivity index (χ4n) is 2.36. The van der Waals surface area contributed by atoms with Gasteiger partial charge in [0, 0.05) is 28.8 Å². The van der Waals surface area contributed by atoms with E-state index in [9.17, 15) is 4.79 Å². The van der Waals surface area contributed by atoms with Crippen LogP contribution in [-0.2, 0) is 17.8 Å². The number of benzene rings is 1. The van der Waals surface area contributed by atoms with Gasteiger partial charge in [-0.3, -0.25) is 9.78 Å². The number of rotatable bonds is 5. The van der Waals surface area contributed by atoms with Crippen molar-refractivity contribution >= 4 is 17.5 Å². The molecule has 0 radical (unpaired) electrons. The predicted molar refractivity (Wildman–Crippen MR) is 90.6 cm³/mol. The van der Waals surface area contributed by atoms with Crippen LogP contribution < -0.4 is 5.32 Å². The molecule has 0 bridgehead atoms. The van der Waals surface area contributed by atoms with Crippen LogP contribution in [0.5, 0.6) is 0 Å². The molecule has 3 aromatic rings. The first-order chi connectivity index (χ1) is 11.2. The number of nitrogens with one attached hydrogen (secondary N) is 1. The topological polar surface area (TPSA) is 46.9 Å². The number of carbonyl (C=O) groups is 1. The maximum Gasteiger partial charge on any atom is 0.226 e. The maximum atomic E-state index is 12.2. The third kappa shape index (κ3) is 3.99. The lowest BCUT2D eigenvalue weighted by Crippen LogP contribution is -2.25. The average molecular weight is 326 g/mol. The molecule has 0 fully saturated rings. The molecule has 4 nitrogen and oxygen atoms in total. The number of pyridine rings is 1. The molecule has 1 N–H and O–H groups in total. The van der Waals surface area contributed by atoms with E-state index in [2.05, 4.69) is 10.3 Å². The van der Waals surface area contributed by atoms with Gasteiger partial charge < -0.3 is 9.88 Å². The molecule has 0 aliphatic heterocycles. The van der Waals surface area contributed by atoms with Gasteiger partial charge in [0.05, 0.1) is 18.7 Å². The molecule has 0 atom stereocenters. The Morgan fingerprint density at radius 3 is 2.83 bits per heavy atom. The summed E-state index contributed by atoms with van der Waals surface area (Å²) >= 11 is 6.04. The number of carbonyl (C=O) groups excluding carboxylic acids is 1. The Balaban J connectivity index is 1.67. The molecule has 0 spiro atoms. The Bertz CT molecular complexity index is 799. The largest absolute Gasteiger partial charge is 0.350 e. The number of halogens is 1. The van der Waals surface area contributed by atoms with Crippen LogP contribution >= 0.6 is 11.6 Å². The Morgan fingerprint density at radius 1 is 1.13 bits per heavy atom. The fraction of sp³-hybridized carbons (Fsp3) is 0.111. The van der Waals surface area contributed by atoms with Crippen LogP contribution in [-0.4, -0.2) is 15.5 Å². The molecule has 0 aliphatic carbocycles. The maximum absolute atomic E-state index is 12.2. The summed E-state index contributed by atoms with van der Waals surface area (Å²) in [4.78, 5) is 16.3. The van der Waals surface area contributed by atoms with E-state index in [1.165, 1.54) is 0 Å². The Labute approximate surface area is 139 Å². The second-order valence-electron chi connectivity index (χ2n) is 5.12. The summed E-state index contributed by atoms with van der Waals surface area (Å²) in [7, 11) is 0. The van der Waals surface area contributed by atoms with Crippen LogP contribution in [0.3, 0.4) is 0 Å². The summed E-state index contributed by atoms with van der Waals surface area (Å²) < 4.78 is 1.96. The van der Waals surface area contributed by atoms with Crippen LogP contribution in [0.4, 0.5) is 0 Å². The number of hydrogen-bond acceptors (Lipinski definition) is 2. The molecule has 0 saturated carbocycles. The van der Waals surface area contributed by atoms with Gasteiger partial charge in [-0.05, 0) is 42.5 Å². The molecule has 3 rings (SSSR count). The standard InChI is InChI=1S/C18H16ClN3O/c19-14-5-3-7-16(11-14)22-10-4-8-17(22)12-18(23)21-13-15-6-1-2-9-20-15/h1-11H,12-13H2,(H,21,23). The summed E-state index contributed by atoms with van der Waals surface area (Å²) in [6, 6.07) is 17.0. The quantitative estimate of drug-likeness (QED) is 0.781. The zero-order chi connectivity index (χ0) is 16.1. The molecule has 2 aromatic heterocycles. The Hall–Kier alpha value is -2.59. The van der Waals surface area contributed by atoms with Crippen molar-refractivity contribution in [1.82, 2.24) is 14.9 Å². The summed E-state index contributed by atoms with van der Waals surface area (Å²) in [5.74, 6) is -0.0439. The number of aromatic nitrogens is 2. The number of nitrogens with zero attached hydrogens (tertiary/aromatic N) is 2. The minimum atomic E-state index is -0.0439. The highest BCUT2D eigenvalue weighted by atomic mass is 35.5. The van der Waals surface area contributed by atoms with Gasteiger partial charge in [0.1, 0.15) is 0 Å². The van der Waals surface area contributed by atoms with E-state index in [1.54, 1.807) is 6.20 Å². The first-order valence-electron chi connectivity index (χ1n) is 7.31. The van der Waals surface area contributed by atoms with Crippen LogP contribution in [0.1, 0.15) is 11.4 Å². The summed E-state index contributed by atoms with van der Waals surface area (Å²) in [5, 5.41) is 3.55. The molecule has 0 aliphatic rings. The second-order valence-corrected chi connectivity index (χ2v) is 5.56. The van der Waals surface area contributed by atoms with E-state index < -0.39 is 0 Å². The first kappa shape index (κ1) is 15.3. The van der Waals surface area contributed by atoms with Gasteiger partial charge in [-0.25, -0.2) is 0 Å². The number of hydrogen-bond donors (Lipinski definition) is 1. The minimum Gasteiger partial charge on any atom is -0.350 e. The lowest BCUT2D eigenvalue weighted by molar-refractivity contribution is -0.120. The zero-order valence-corrected chi connectivity index (χ0v) is 13.2.